The van der Waals surface area contributed by atoms with E-state index in [1.807, 2.05) is 0 Å². The Hall–Kier alpha value is -1.45. The summed E-state index contributed by atoms with van der Waals surface area (Å²) in [5, 5.41) is 9.41. The predicted molar refractivity (Wildman–Crippen MR) is 47.8 cm³/mol. The lowest BCUT2D eigenvalue weighted by Gasteiger charge is -2.07. The molecule has 0 aromatic heterocycles. The quantitative estimate of drug-likeness (QED) is 0.745. The minimum atomic E-state index is -2.63. The fourth-order valence-corrected chi connectivity index (χ4v) is 1.20. The topological polar surface area (TPSA) is 37.3 Å². The van der Waals surface area contributed by atoms with Crippen molar-refractivity contribution in [2.24, 2.45) is 0 Å². The van der Waals surface area contributed by atoms with Gasteiger partial charge in [-0.15, -0.1) is 0 Å². The van der Waals surface area contributed by atoms with Gasteiger partial charge in [-0.3, -0.25) is 4.79 Å². The molecule has 0 radical (unpaired) electrons. The first-order valence-electron chi connectivity index (χ1n) is 4.06. The van der Waals surface area contributed by atoms with Gasteiger partial charge in [0.1, 0.15) is 5.75 Å². The second-order valence-electron chi connectivity index (χ2n) is 3.09. The van der Waals surface area contributed by atoms with Crippen molar-refractivity contribution >= 4 is 5.78 Å². The van der Waals surface area contributed by atoms with Gasteiger partial charge >= 0.3 is 0 Å². The minimum Gasteiger partial charge on any atom is -0.507 e. The van der Waals surface area contributed by atoms with Gasteiger partial charge in [0.2, 0.25) is 0 Å². The van der Waals surface area contributed by atoms with Gasteiger partial charge in [0.25, 0.3) is 6.43 Å². The highest BCUT2D eigenvalue weighted by atomic mass is 19.3. The number of aryl methyl sites for hydroxylation is 1. The number of hydrogen-bond donors (Lipinski definition) is 1. The van der Waals surface area contributed by atoms with Crippen LogP contribution in [-0.4, -0.2) is 10.9 Å². The maximum atomic E-state index is 12.3. The number of halogens is 2. The first-order chi connectivity index (χ1) is 6.43. The molecule has 0 amide bonds. The SMILES string of the molecule is CC(=O)c1cc(C(F)F)cc(C)c1O. The van der Waals surface area contributed by atoms with Crippen molar-refractivity contribution in [3.63, 3.8) is 0 Å². The molecule has 76 valence electrons. The number of phenolic OH excluding ortho intramolecular Hbond substituents is 1. The van der Waals surface area contributed by atoms with Crippen LogP contribution in [0.25, 0.3) is 0 Å². The molecule has 14 heavy (non-hydrogen) atoms. The fraction of sp³-hybridized carbons (Fsp3) is 0.300. The van der Waals surface area contributed by atoms with Crippen LogP contribution in [0.15, 0.2) is 12.1 Å². The molecule has 0 spiro atoms. The molecule has 1 rings (SSSR count). The average Bonchev–Trinajstić information content (AvgIpc) is 2.08. The van der Waals surface area contributed by atoms with E-state index in [9.17, 15) is 18.7 Å². The third-order valence-corrected chi connectivity index (χ3v) is 1.95. The van der Waals surface area contributed by atoms with E-state index in [2.05, 4.69) is 0 Å². The summed E-state index contributed by atoms with van der Waals surface area (Å²) < 4.78 is 24.7. The first kappa shape index (κ1) is 10.6. The average molecular weight is 200 g/mol. The Bertz CT molecular complexity index is 373. The number of rotatable bonds is 2. The highest BCUT2D eigenvalue weighted by molar-refractivity contribution is 5.97. The van der Waals surface area contributed by atoms with Gasteiger partial charge in [-0.05, 0) is 31.5 Å². The highest BCUT2D eigenvalue weighted by Gasteiger charge is 2.15. The van der Waals surface area contributed by atoms with E-state index in [1.165, 1.54) is 19.9 Å². The first-order valence-corrected chi connectivity index (χ1v) is 4.06. The van der Waals surface area contributed by atoms with E-state index < -0.39 is 12.2 Å². The molecule has 0 saturated carbocycles. The Morgan fingerprint density at radius 2 is 2.00 bits per heavy atom. The molecule has 0 atom stereocenters. The maximum Gasteiger partial charge on any atom is 0.263 e. The van der Waals surface area contributed by atoms with Gasteiger partial charge in [0, 0.05) is 5.56 Å². The van der Waals surface area contributed by atoms with E-state index in [0.29, 0.717) is 0 Å². The molecule has 0 heterocycles. The summed E-state index contributed by atoms with van der Waals surface area (Å²) >= 11 is 0. The van der Waals surface area contributed by atoms with Gasteiger partial charge in [-0.1, -0.05) is 0 Å². The van der Waals surface area contributed by atoms with Crippen molar-refractivity contribution in [3.8, 4) is 5.75 Å². The van der Waals surface area contributed by atoms with E-state index in [0.717, 1.165) is 6.07 Å². The molecule has 0 aliphatic carbocycles. The Kier molecular flexibility index (Phi) is 2.84. The summed E-state index contributed by atoms with van der Waals surface area (Å²) in [5.74, 6) is -0.644. The normalized spacial score (nSPS) is 10.6. The highest BCUT2D eigenvalue weighted by Crippen LogP contribution is 2.29. The standard InChI is InChI=1S/C10H10F2O2/c1-5-3-7(10(11)12)4-8(6(2)13)9(5)14/h3-4,10,14H,1-2H3. The lowest BCUT2D eigenvalue weighted by molar-refractivity contribution is 0.101. The second-order valence-corrected chi connectivity index (χ2v) is 3.09. The molecular weight excluding hydrogens is 190 g/mol. The molecule has 1 aromatic carbocycles. The Morgan fingerprint density at radius 1 is 1.43 bits per heavy atom. The number of benzene rings is 1. The maximum absolute atomic E-state index is 12.3. The predicted octanol–water partition coefficient (Wildman–Crippen LogP) is 2.84. The summed E-state index contributed by atoms with van der Waals surface area (Å²) in [5.41, 5.74) is -0.0150. The third kappa shape index (κ3) is 1.89. The van der Waals surface area contributed by atoms with E-state index >= 15 is 0 Å². The van der Waals surface area contributed by atoms with Crippen LogP contribution in [0.5, 0.6) is 5.75 Å². The molecular formula is C10H10F2O2. The molecule has 0 unspecified atom stereocenters. The van der Waals surface area contributed by atoms with Crippen molar-refractivity contribution < 1.29 is 18.7 Å². The van der Waals surface area contributed by atoms with Crippen LogP contribution < -0.4 is 0 Å². The largest absolute Gasteiger partial charge is 0.507 e. The van der Waals surface area contributed by atoms with Crippen LogP contribution in [0.3, 0.4) is 0 Å². The van der Waals surface area contributed by atoms with Crippen molar-refractivity contribution in [3.05, 3.63) is 28.8 Å². The van der Waals surface area contributed by atoms with Crippen LogP contribution in [0.4, 0.5) is 8.78 Å². The molecule has 0 aliphatic rings. The lowest BCUT2D eigenvalue weighted by atomic mass is 10.0. The Balaban J connectivity index is 3.35. The molecule has 0 bridgehead atoms. The fourth-order valence-electron chi connectivity index (χ4n) is 1.20. The number of phenols is 1. The second kappa shape index (κ2) is 3.74. The van der Waals surface area contributed by atoms with Gasteiger partial charge in [0.05, 0.1) is 5.56 Å². The van der Waals surface area contributed by atoms with Gasteiger partial charge in [0.15, 0.2) is 5.78 Å². The van der Waals surface area contributed by atoms with Crippen LogP contribution in [0.1, 0.15) is 34.8 Å². The smallest absolute Gasteiger partial charge is 0.263 e. The van der Waals surface area contributed by atoms with Crippen molar-refractivity contribution in [2.75, 3.05) is 0 Å². The molecule has 1 aromatic rings. The Labute approximate surface area is 80.2 Å². The molecule has 1 N–H and O–H groups in total. The van der Waals surface area contributed by atoms with Gasteiger partial charge < -0.3 is 5.11 Å². The van der Waals surface area contributed by atoms with E-state index in [1.54, 1.807) is 0 Å². The monoisotopic (exact) mass is 200 g/mol. The third-order valence-electron chi connectivity index (χ3n) is 1.95. The van der Waals surface area contributed by atoms with E-state index in [4.69, 9.17) is 0 Å². The number of carbonyl (C=O) groups is 1. The number of alkyl halides is 2. The van der Waals surface area contributed by atoms with Crippen LogP contribution in [0.2, 0.25) is 0 Å². The number of ketones is 1. The minimum absolute atomic E-state index is 0.0553. The number of aromatic hydroxyl groups is 1. The number of hydrogen-bond acceptors (Lipinski definition) is 2. The van der Waals surface area contributed by atoms with Crippen LogP contribution in [0, 0.1) is 6.92 Å². The van der Waals surface area contributed by atoms with Crippen molar-refractivity contribution in [1.82, 2.24) is 0 Å². The lowest BCUT2D eigenvalue weighted by Crippen LogP contribution is -1.97. The number of Topliss-reactive ketones (excluding diaryl/α,β-unsaturated/α-hetero) is 1. The van der Waals surface area contributed by atoms with Gasteiger partial charge in [-0.2, -0.15) is 0 Å². The van der Waals surface area contributed by atoms with Crippen molar-refractivity contribution in [2.45, 2.75) is 20.3 Å². The number of carbonyl (C=O) groups excluding carboxylic acids is 1. The summed E-state index contributed by atoms with van der Waals surface area (Å²) in [4.78, 5) is 11.0. The van der Waals surface area contributed by atoms with Crippen LogP contribution in [-0.2, 0) is 0 Å². The zero-order valence-electron chi connectivity index (χ0n) is 7.84. The molecule has 0 saturated heterocycles. The summed E-state index contributed by atoms with van der Waals surface area (Å²) in [6, 6.07) is 2.20. The zero-order valence-corrected chi connectivity index (χ0v) is 7.84. The van der Waals surface area contributed by atoms with Crippen LogP contribution >= 0.6 is 0 Å². The zero-order chi connectivity index (χ0) is 10.9. The van der Waals surface area contributed by atoms with E-state index in [-0.39, 0.29) is 22.4 Å². The molecule has 2 nitrogen and oxygen atoms in total. The Morgan fingerprint density at radius 3 is 2.43 bits per heavy atom. The summed E-state index contributed by atoms with van der Waals surface area (Å²) in [6.45, 7) is 2.71. The molecule has 4 heteroatoms. The van der Waals surface area contributed by atoms with Gasteiger partial charge in [-0.25, -0.2) is 8.78 Å². The summed E-state index contributed by atoms with van der Waals surface area (Å²) in [6.07, 6.45) is -2.63. The molecule has 0 fully saturated rings. The molecule has 0 aliphatic heterocycles. The summed E-state index contributed by atoms with van der Waals surface area (Å²) in [7, 11) is 0. The van der Waals surface area contributed by atoms with Crippen molar-refractivity contribution in [1.29, 1.82) is 0 Å².